The molecule has 3 nitrogen and oxygen atoms in total. The molecule has 3 heterocycles. The van der Waals surface area contributed by atoms with Crippen LogP contribution < -0.4 is 5.32 Å². The number of aryl methyl sites for hydroxylation is 1. The third-order valence-corrected chi connectivity index (χ3v) is 6.14. The number of amides is 1. The van der Waals surface area contributed by atoms with Crippen LogP contribution in [-0.4, -0.2) is 17.6 Å². The fourth-order valence-electron chi connectivity index (χ4n) is 2.19. The van der Waals surface area contributed by atoms with Crippen LogP contribution in [0.2, 0.25) is 0 Å². The van der Waals surface area contributed by atoms with Crippen LogP contribution in [0, 0.1) is 6.92 Å². The van der Waals surface area contributed by atoms with E-state index >= 15 is 0 Å². The zero-order valence-electron chi connectivity index (χ0n) is 11.9. The largest absolute Gasteiger partial charge is 0.378 e. The summed E-state index contributed by atoms with van der Waals surface area (Å²) in [5.41, 5.74) is 0.694. The summed E-state index contributed by atoms with van der Waals surface area (Å²) in [6, 6.07) is 7.55. The summed E-state index contributed by atoms with van der Waals surface area (Å²) in [7, 11) is 0. The second kappa shape index (κ2) is 6.34. The predicted octanol–water partition coefficient (Wildman–Crippen LogP) is 3.85. The fourth-order valence-corrected chi connectivity index (χ4v) is 4.57. The summed E-state index contributed by atoms with van der Waals surface area (Å²) in [5.74, 6) is -0.150. The molecule has 0 aliphatic rings. The van der Waals surface area contributed by atoms with E-state index in [0.717, 1.165) is 16.0 Å². The van der Waals surface area contributed by atoms with Gasteiger partial charge in [0.25, 0.3) is 5.91 Å². The third-order valence-electron chi connectivity index (χ3n) is 3.39. The Balaban J connectivity index is 1.81. The normalized spacial score (nSPS) is 13.7. The molecule has 114 valence electrons. The molecule has 3 aromatic rings. The minimum absolute atomic E-state index is 0.150. The zero-order valence-corrected chi connectivity index (χ0v) is 14.4. The first-order valence-electron chi connectivity index (χ1n) is 6.72. The number of rotatable bonds is 5. The molecular weight excluding hydrogens is 334 g/mol. The monoisotopic (exact) mass is 349 g/mol. The van der Waals surface area contributed by atoms with Crippen LogP contribution in [0.1, 0.15) is 25.7 Å². The van der Waals surface area contributed by atoms with Crippen LogP contribution in [0.3, 0.4) is 0 Å². The van der Waals surface area contributed by atoms with Crippen molar-refractivity contribution in [2.45, 2.75) is 12.5 Å². The molecule has 0 saturated carbocycles. The second-order valence-corrected chi connectivity index (χ2v) is 7.66. The smallest absolute Gasteiger partial charge is 0.261 e. The lowest BCUT2D eigenvalue weighted by molar-refractivity contribution is 0.0723. The summed E-state index contributed by atoms with van der Waals surface area (Å²) >= 11 is 4.43. The van der Waals surface area contributed by atoms with Gasteiger partial charge in [0, 0.05) is 10.4 Å². The van der Waals surface area contributed by atoms with Crippen molar-refractivity contribution < 1.29 is 9.90 Å². The Kier molecular flexibility index (Phi) is 4.44. The van der Waals surface area contributed by atoms with Crippen molar-refractivity contribution in [3.8, 4) is 0 Å². The van der Waals surface area contributed by atoms with Gasteiger partial charge in [0.2, 0.25) is 0 Å². The fraction of sp³-hybridized carbons (Fsp3) is 0.188. The summed E-state index contributed by atoms with van der Waals surface area (Å²) in [6.07, 6.45) is 0. The zero-order chi connectivity index (χ0) is 15.6. The van der Waals surface area contributed by atoms with Gasteiger partial charge in [-0.15, -0.1) is 22.7 Å². The van der Waals surface area contributed by atoms with Gasteiger partial charge in [-0.25, -0.2) is 0 Å². The first kappa shape index (κ1) is 15.4. The summed E-state index contributed by atoms with van der Waals surface area (Å²) in [6.45, 7) is 2.11. The molecule has 0 radical (unpaired) electrons. The van der Waals surface area contributed by atoms with Gasteiger partial charge in [-0.05, 0) is 52.2 Å². The van der Waals surface area contributed by atoms with E-state index in [0.29, 0.717) is 4.88 Å². The van der Waals surface area contributed by atoms with E-state index in [4.69, 9.17) is 0 Å². The maximum atomic E-state index is 12.2. The predicted molar refractivity (Wildman–Crippen MR) is 93.0 cm³/mol. The molecule has 0 aliphatic heterocycles. The molecule has 0 saturated heterocycles. The van der Waals surface area contributed by atoms with Gasteiger partial charge in [-0.1, -0.05) is 6.07 Å². The Bertz CT molecular complexity index is 710. The first-order valence-corrected chi connectivity index (χ1v) is 9.42. The lowest BCUT2D eigenvalue weighted by atomic mass is 9.94. The molecule has 22 heavy (non-hydrogen) atoms. The van der Waals surface area contributed by atoms with Crippen molar-refractivity contribution in [3.63, 3.8) is 0 Å². The quantitative estimate of drug-likeness (QED) is 0.735. The minimum atomic E-state index is -1.18. The van der Waals surface area contributed by atoms with Gasteiger partial charge in [-0.2, -0.15) is 11.3 Å². The third kappa shape index (κ3) is 3.01. The van der Waals surface area contributed by atoms with Gasteiger partial charge in [0.1, 0.15) is 5.60 Å². The highest BCUT2D eigenvalue weighted by atomic mass is 32.1. The summed E-state index contributed by atoms with van der Waals surface area (Å²) in [4.78, 5) is 13.7. The van der Waals surface area contributed by atoms with Gasteiger partial charge in [-0.3, -0.25) is 4.79 Å². The van der Waals surface area contributed by atoms with Crippen molar-refractivity contribution in [2.24, 2.45) is 0 Å². The average molecular weight is 350 g/mol. The maximum Gasteiger partial charge on any atom is 0.261 e. The number of carbonyl (C=O) groups excluding carboxylic acids is 1. The molecule has 2 N–H and O–H groups in total. The molecule has 3 aromatic heterocycles. The maximum absolute atomic E-state index is 12.2. The number of hydrogen-bond donors (Lipinski definition) is 2. The van der Waals surface area contributed by atoms with Crippen molar-refractivity contribution in [3.05, 3.63) is 66.7 Å². The highest BCUT2D eigenvalue weighted by molar-refractivity contribution is 7.12. The SMILES string of the molecule is Cc1csc(C(=O)NCC(O)(c2ccsc2)c2cccs2)c1. The van der Waals surface area contributed by atoms with Gasteiger partial charge >= 0.3 is 0 Å². The van der Waals surface area contributed by atoms with Crippen LogP contribution in [-0.2, 0) is 5.60 Å². The first-order chi connectivity index (χ1) is 10.6. The lowest BCUT2D eigenvalue weighted by Crippen LogP contribution is -2.40. The summed E-state index contributed by atoms with van der Waals surface area (Å²) < 4.78 is 0. The molecule has 1 unspecified atom stereocenters. The molecule has 6 heteroatoms. The van der Waals surface area contributed by atoms with Crippen molar-refractivity contribution >= 4 is 39.9 Å². The van der Waals surface area contributed by atoms with E-state index in [1.54, 1.807) is 0 Å². The molecule has 3 rings (SSSR count). The van der Waals surface area contributed by atoms with Gasteiger partial charge < -0.3 is 10.4 Å². The van der Waals surface area contributed by atoms with Crippen LogP contribution >= 0.6 is 34.0 Å². The number of carbonyl (C=O) groups is 1. The van der Waals surface area contributed by atoms with Crippen LogP contribution in [0.25, 0.3) is 0 Å². The number of aliphatic hydroxyl groups is 1. The molecule has 1 atom stereocenters. The van der Waals surface area contributed by atoms with E-state index in [-0.39, 0.29) is 12.5 Å². The number of nitrogens with one attached hydrogen (secondary N) is 1. The van der Waals surface area contributed by atoms with Crippen molar-refractivity contribution in [1.82, 2.24) is 5.32 Å². The molecule has 0 aromatic carbocycles. The Morgan fingerprint density at radius 2 is 2.14 bits per heavy atom. The van der Waals surface area contributed by atoms with E-state index < -0.39 is 5.60 Å². The van der Waals surface area contributed by atoms with Gasteiger partial charge in [0.15, 0.2) is 0 Å². The number of hydrogen-bond acceptors (Lipinski definition) is 5. The number of thiophene rings is 3. The van der Waals surface area contributed by atoms with Crippen LogP contribution in [0.4, 0.5) is 0 Å². The highest BCUT2D eigenvalue weighted by Gasteiger charge is 2.33. The molecule has 0 bridgehead atoms. The molecule has 1 amide bonds. The van der Waals surface area contributed by atoms with Crippen molar-refractivity contribution in [1.29, 1.82) is 0 Å². The average Bonchev–Trinajstić information content (AvgIpc) is 3.24. The topological polar surface area (TPSA) is 49.3 Å². The molecule has 0 fully saturated rings. The standard InChI is InChI=1S/C16H15NO2S3/c1-11-7-13(22-8-11)15(18)17-10-16(19,12-4-6-20-9-12)14-3-2-5-21-14/h2-9,19H,10H2,1H3,(H,17,18). The van der Waals surface area contributed by atoms with Gasteiger partial charge in [0.05, 0.1) is 11.4 Å². The Morgan fingerprint density at radius 1 is 1.27 bits per heavy atom. The highest BCUT2D eigenvalue weighted by Crippen LogP contribution is 2.33. The minimum Gasteiger partial charge on any atom is -0.378 e. The summed E-state index contributed by atoms with van der Waals surface area (Å²) in [5, 5.41) is 21.7. The molecule has 0 aliphatic carbocycles. The molecule has 0 spiro atoms. The lowest BCUT2D eigenvalue weighted by Gasteiger charge is -2.26. The van der Waals surface area contributed by atoms with Crippen molar-refractivity contribution in [2.75, 3.05) is 6.54 Å². The van der Waals surface area contributed by atoms with Crippen LogP contribution in [0.15, 0.2) is 45.8 Å². The second-order valence-electron chi connectivity index (χ2n) is 5.02. The van der Waals surface area contributed by atoms with E-state index in [1.807, 2.05) is 52.7 Å². The van der Waals surface area contributed by atoms with E-state index in [1.165, 1.54) is 34.0 Å². The molecular formula is C16H15NO2S3. The Morgan fingerprint density at radius 3 is 2.73 bits per heavy atom. The Hall–Kier alpha value is -1.47. The van der Waals surface area contributed by atoms with E-state index in [9.17, 15) is 9.90 Å². The Labute approximate surface area is 140 Å². The van der Waals surface area contributed by atoms with Crippen LogP contribution in [0.5, 0.6) is 0 Å². The van der Waals surface area contributed by atoms with E-state index in [2.05, 4.69) is 5.32 Å².